The highest BCUT2D eigenvalue weighted by Crippen LogP contribution is 2.12. The minimum atomic E-state index is -0.231. The van der Waals surface area contributed by atoms with Crippen LogP contribution in [0.3, 0.4) is 0 Å². The van der Waals surface area contributed by atoms with Crippen molar-refractivity contribution >= 4 is 6.21 Å². The molecule has 0 aromatic heterocycles. The van der Waals surface area contributed by atoms with E-state index in [4.69, 9.17) is 5.41 Å². The molecule has 0 fully saturated rings. The molecular formula is C9H10FN. The second kappa shape index (κ2) is 3.28. The van der Waals surface area contributed by atoms with Crippen LogP contribution in [0.25, 0.3) is 0 Å². The van der Waals surface area contributed by atoms with Crippen molar-refractivity contribution in [3.63, 3.8) is 0 Å². The molecule has 1 rings (SSSR count). The molecule has 2 heteroatoms. The maximum absolute atomic E-state index is 12.4. The second-order valence-corrected chi connectivity index (χ2v) is 2.51. The molecule has 0 bridgehead atoms. The molecule has 0 aliphatic heterocycles. The Hall–Kier alpha value is -1.18. The molecule has 1 unspecified atom stereocenters. The average molecular weight is 151 g/mol. The van der Waals surface area contributed by atoms with E-state index in [9.17, 15) is 4.39 Å². The maximum Gasteiger partial charge on any atom is 0.123 e. The van der Waals surface area contributed by atoms with Gasteiger partial charge in [0.1, 0.15) is 5.82 Å². The van der Waals surface area contributed by atoms with Crippen molar-refractivity contribution in [2.45, 2.75) is 12.8 Å². The molecule has 1 aromatic carbocycles. The molecule has 0 saturated heterocycles. The first-order valence-electron chi connectivity index (χ1n) is 3.50. The van der Waals surface area contributed by atoms with Crippen LogP contribution >= 0.6 is 0 Å². The van der Waals surface area contributed by atoms with Gasteiger partial charge in [-0.1, -0.05) is 19.1 Å². The van der Waals surface area contributed by atoms with Crippen LogP contribution in [0.5, 0.6) is 0 Å². The van der Waals surface area contributed by atoms with Gasteiger partial charge in [-0.25, -0.2) is 4.39 Å². The Morgan fingerprint density at radius 3 is 2.36 bits per heavy atom. The summed E-state index contributed by atoms with van der Waals surface area (Å²) in [7, 11) is 0. The van der Waals surface area contributed by atoms with Crippen molar-refractivity contribution in [1.82, 2.24) is 0 Å². The van der Waals surface area contributed by atoms with Crippen LogP contribution in [0, 0.1) is 11.2 Å². The number of benzene rings is 1. The van der Waals surface area contributed by atoms with Crippen LogP contribution < -0.4 is 0 Å². The Morgan fingerprint density at radius 2 is 1.91 bits per heavy atom. The minimum Gasteiger partial charge on any atom is -0.312 e. The van der Waals surface area contributed by atoms with Crippen molar-refractivity contribution in [3.05, 3.63) is 35.6 Å². The average Bonchev–Trinajstić information content (AvgIpc) is 2.05. The second-order valence-electron chi connectivity index (χ2n) is 2.51. The lowest BCUT2D eigenvalue weighted by molar-refractivity contribution is 0.627. The molecule has 0 aliphatic rings. The van der Waals surface area contributed by atoms with E-state index in [1.807, 2.05) is 6.92 Å². The van der Waals surface area contributed by atoms with E-state index >= 15 is 0 Å². The third kappa shape index (κ3) is 1.87. The lowest BCUT2D eigenvalue weighted by atomic mass is 10.0. The summed E-state index contributed by atoms with van der Waals surface area (Å²) >= 11 is 0. The lowest BCUT2D eigenvalue weighted by Gasteiger charge is -2.03. The summed E-state index contributed by atoms with van der Waals surface area (Å²) in [5, 5.41) is 6.98. The molecule has 1 atom stereocenters. The van der Waals surface area contributed by atoms with Crippen LogP contribution in [0.1, 0.15) is 18.4 Å². The first kappa shape index (κ1) is 7.92. The normalized spacial score (nSPS) is 12.5. The first-order valence-corrected chi connectivity index (χ1v) is 3.50. The summed E-state index contributed by atoms with van der Waals surface area (Å²) < 4.78 is 12.4. The molecule has 1 aromatic rings. The van der Waals surface area contributed by atoms with Gasteiger partial charge < -0.3 is 5.41 Å². The van der Waals surface area contributed by atoms with E-state index in [-0.39, 0.29) is 11.7 Å². The van der Waals surface area contributed by atoms with E-state index in [1.54, 1.807) is 12.1 Å². The largest absolute Gasteiger partial charge is 0.312 e. The van der Waals surface area contributed by atoms with Crippen molar-refractivity contribution in [2.75, 3.05) is 0 Å². The number of rotatable bonds is 2. The van der Waals surface area contributed by atoms with Gasteiger partial charge in [-0.2, -0.15) is 0 Å². The zero-order valence-electron chi connectivity index (χ0n) is 6.34. The summed E-state index contributed by atoms with van der Waals surface area (Å²) in [6.45, 7) is 1.90. The molecule has 0 saturated carbocycles. The Labute approximate surface area is 65.4 Å². The molecule has 58 valence electrons. The molecule has 0 amide bonds. The number of halogens is 1. The predicted octanol–water partition coefficient (Wildman–Crippen LogP) is 2.58. The Morgan fingerprint density at radius 1 is 1.36 bits per heavy atom. The molecule has 0 aliphatic carbocycles. The van der Waals surface area contributed by atoms with E-state index in [0.717, 1.165) is 5.56 Å². The maximum atomic E-state index is 12.4. The van der Waals surface area contributed by atoms with Crippen LogP contribution in [-0.2, 0) is 0 Å². The fraction of sp³-hybridized carbons (Fsp3) is 0.222. The van der Waals surface area contributed by atoms with Gasteiger partial charge in [0.05, 0.1) is 0 Å². The topological polar surface area (TPSA) is 23.9 Å². The number of hydrogen-bond donors (Lipinski definition) is 1. The van der Waals surface area contributed by atoms with E-state index < -0.39 is 0 Å². The summed E-state index contributed by atoms with van der Waals surface area (Å²) in [4.78, 5) is 0. The van der Waals surface area contributed by atoms with Gasteiger partial charge in [0.15, 0.2) is 0 Å². The molecule has 0 spiro atoms. The molecule has 0 heterocycles. The fourth-order valence-electron chi connectivity index (χ4n) is 0.863. The molecular weight excluding hydrogens is 141 g/mol. The van der Waals surface area contributed by atoms with Gasteiger partial charge >= 0.3 is 0 Å². The van der Waals surface area contributed by atoms with E-state index in [0.29, 0.717) is 0 Å². The molecule has 1 nitrogen and oxygen atoms in total. The van der Waals surface area contributed by atoms with Crippen LogP contribution in [0.4, 0.5) is 4.39 Å². The zero-order chi connectivity index (χ0) is 8.27. The van der Waals surface area contributed by atoms with Crippen LogP contribution in [0.2, 0.25) is 0 Å². The third-order valence-corrected chi connectivity index (χ3v) is 1.65. The van der Waals surface area contributed by atoms with Crippen molar-refractivity contribution < 1.29 is 4.39 Å². The fourth-order valence-corrected chi connectivity index (χ4v) is 0.863. The Kier molecular flexibility index (Phi) is 2.36. The van der Waals surface area contributed by atoms with E-state index in [2.05, 4.69) is 0 Å². The Bertz CT molecular complexity index is 240. The molecule has 0 radical (unpaired) electrons. The monoisotopic (exact) mass is 151 g/mol. The van der Waals surface area contributed by atoms with Gasteiger partial charge in [0, 0.05) is 12.1 Å². The van der Waals surface area contributed by atoms with Crippen molar-refractivity contribution in [2.24, 2.45) is 0 Å². The smallest absolute Gasteiger partial charge is 0.123 e. The van der Waals surface area contributed by atoms with Gasteiger partial charge in [-0.3, -0.25) is 0 Å². The van der Waals surface area contributed by atoms with Crippen molar-refractivity contribution in [3.8, 4) is 0 Å². The highest BCUT2D eigenvalue weighted by molar-refractivity contribution is 5.63. The summed E-state index contributed by atoms with van der Waals surface area (Å²) in [5.74, 6) is -0.151. The van der Waals surface area contributed by atoms with E-state index in [1.165, 1.54) is 18.3 Å². The predicted molar refractivity (Wildman–Crippen MR) is 43.6 cm³/mol. The third-order valence-electron chi connectivity index (χ3n) is 1.65. The minimum absolute atomic E-state index is 0.0793. The van der Waals surface area contributed by atoms with Gasteiger partial charge in [-0.05, 0) is 17.7 Å². The highest BCUT2D eigenvalue weighted by Gasteiger charge is 1.99. The quantitative estimate of drug-likeness (QED) is 0.628. The summed E-state index contributed by atoms with van der Waals surface area (Å²) in [5.41, 5.74) is 0.974. The zero-order valence-corrected chi connectivity index (χ0v) is 6.34. The standard InChI is InChI=1S/C9H10FN/c1-7(6-11)8-2-4-9(10)5-3-8/h2-7,11H,1H3. The summed E-state index contributed by atoms with van der Waals surface area (Å²) in [6, 6.07) is 6.22. The van der Waals surface area contributed by atoms with Gasteiger partial charge in [-0.15, -0.1) is 0 Å². The highest BCUT2D eigenvalue weighted by atomic mass is 19.1. The van der Waals surface area contributed by atoms with Gasteiger partial charge in [0.2, 0.25) is 0 Å². The van der Waals surface area contributed by atoms with Crippen LogP contribution in [-0.4, -0.2) is 6.21 Å². The molecule has 1 N–H and O–H groups in total. The Balaban J connectivity index is 2.89. The number of nitrogens with one attached hydrogen (secondary N) is 1. The van der Waals surface area contributed by atoms with Crippen molar-refractivity contribution in [1.29, 1.82) is 5.41 Å². The first-order chi connectivity index (χ1) is 5.24. The SMILES string of the molecule is CC(C=N)c1ccc(F)cc1. The number of hydrogen-bond acceptors (Lipinski definition) is 1. The van der Waals surface area contributed by atoms with Gasteiger partial charge in [0.25, 0.3) is 0 Å². The summed E-state index contributed by atoms with van der Waals surface area (Å²) in [6.07, 6.45) is 1.34. The van der Waals surface area contributed by atoms with Crippen LogP contribution in [0.15, 0.2) is 24.3 Å². The molecule has 11 heavy (non-hydrogen) atoms. The lowest BCUT2D eigenvalue weighted by Crippen LogP contribution is -1.92.